The van der Waals surface area contributed by atoms with Gasteiger partial charge in [0.25, 0.3) is 0 Å². The minimum absolute atomic E-state index is 0.241. The van der Waals surface area contributed by atoms with Crippen LogP contribution in [0.1, 0.15) is 66.7 Å². The van der Waals surface area contributed by atoms with Crippen molar-refractivity contribution in [1.29, 1.82) is 0 Å². The van der Waals surface area contributed by atoms with Crippen molar-refractivity contribution in [2.24, 2.45) is 24.8 Å². The summed E-state index contributed by atoms with van der Waals surface area (Å²) in [4.78, 5) is 12.6. The topological polar surface area (TPSA) is 46.9 Å². The quantitative estimate of drug-likeness (QED) is 0.849. The standard InChI is InChI=1S/C19H29N3O/c1-12-18(13(2)22(3)21-12)17(23)4-5-20-19-9-14-6-15(10-19)8-16(7-14)11-19/h14-16,20H,4-11H2,1-3H3. The van der Waals surface area contributed by atoms with E-state index in [0.717, 1.165) is 41.2 Å². The van der Waals surface area contributed by atoms with E-state index in [9.17, 15) is 4.79 Å². The minimum atomic E-state index is 0.241. The van der Waals surface area contributed by atoms with Crippen molar-refractivity contribution >= 4 is 5.78 Å². The minimum Gasteiger partial charge on any atom is -0.311 e. The van der Waals surface area contributed by atoms with Gasteiger partial charge >= 0.3 is 0 Å². The number of Topliss-reactive ketones (excluding diaryl/α,β-unsaturated/α-hetero) is 1. The Morgan fingerprint density at radius 1 is 1.17 bits per heavy atom. The molecule has 0 aliphatic heterocycles. The van der Waals surface area contributed by atoms with Crippen LogP contribution in [0.2, 0.25) is 0 Å². The van der Waals surface area contributed by atoms with Gasteiger partial charge in [-0.3, -0.25) is 9.48 Å². The van der Waals surface area contributed by atoms with Crippen LogP contribution >= 0.6 is 0 Å². The van der Waals surface area contributed by atoms with Crippen LogP contribution in [0.5, 0.6) is 0 Å². The Bertz CT molecular complexity index is 596. The molecule has 0 radical (unpaired) electrons. The Morgan fingerprint density at radius 3 is 2.22 bits per heavy atom. The molecule has 4 aliphatic rings. The third kappa shape index (κ3) is 2.65. The van der Waals surface area contributed by atoms with E-state index < -0.39 is 0 Å². The van der Waals surface area contributed by atoms with Crippen LogP contribution in [0.25, 0.3) is 0 Å². The van der Waals surface area contributed by atoms with Gasteiger partial charge in [-0.05, 0) is 70.1 Å². The highest BCUT2D eigenvalue weighted by molar-refractivity contribution is 5.98. The summed E-state index contributed by atoms with van der Waals surface area (Å²) in [7, 11) is 1.91. The maximum absolute atomic E-state index is 12.6. The third-order valence-electron chi connectivity index (χ3n) is 6.68. The lowest BCUT2D eigenvalue weighted by molar-refractivity contribution is -0.0193. The first-order valence-corrected chi connectivity index (χ1v) is 9.24. The number of hydrogen-bond acceptors (Lipinski definition) is 3. The second-order valence-corrected chi connectivity index (χ2v) is 8.47. The van der Waals surface area contributed by atoms with Crippen molar-refractivity contribution in [2.75, 3.05) is 6.54 Å². The second-order valence-electron chi connectivity index (χ2n) is 8.47. The lowest BCUT2D eigenvalue weighted by atomic mass is 9.53. The van der Waals surface area contributed by atoms with Gasteiger partial charge in [0.2, 0.25) is 0 Å². The van der Waals surface area contributed by atoms with Gasteiger partial charge in [0.15, 0.2) is 5.78 Å². The van der Waals surface area contributed by atoms with E-state index in [-0.39, 0.29) is 5.78 Å². The Morgan fingerprint density at radius 2 is 1.74 bits per heavy atom. The van der Waals surface area contributed by atoms with E-state index in [1.54, 1.807) is 0 Å². The van der Waals surface area contributed by atoms with Crippen molar-refractivity contribution in [1.82, 2.24) is 15.1 Å². The molecule has 0 saturated heterocycles. The first-order valence-electron chi connectivity index (χ1n) is 9.24. The van der Waals surface area contributed by atoms with Gasteiger partial charge < -0.3 is 5.32 Å². The molecule has 4 fully saturated rings. The highest BCUT2D eigenvalue weighted by Crippen LogP contribution is 2.55. The third-order valence-corrected chi connectivity index (χ3v) is 6.68. The molecule has 0 unspecified atom stereocenters. The molecule has 4 saturated carbocycles. The number of nitrogens with zero attached hydrogens (tertiary/aromatic N) is 2. The Hall–Kier alpha value is -1.16. The molecular formula is C19H29N3O. The number of ketones is 1. The van der Waals surface area contributed by atoms with E-state index in [2.05, 4.69) is 10.4 Å². The molecule has 1 N–H and O–H groups in total. The number of carbonyl (C=O) groups excluding carboxylic acids is 1. The highest BCUT2D eigenvalue weighted by Gasteiger charge is 2.50. The molecule has 1 aromatic heterocycles. The molecule has 126 valence electrons. The van der Waals surface area contributed by atoms with Crippen LogP contribution in [0.3, 0.4) is 0 Å². The van der Waals surface area contributed by atoms with E-state index in [1.165, 1.54) is 38.5 Å². The van der Waals surface area contributed by atoms with Crippen LogP contribution in [0, 0.1) is 31.6 Å². The highest BCUT2D eigenvalue weighted by atomic mass is 16.1. The number of hydrogen-bond donors (Lipinski definition) is 1. The lowest BCUT2D eigenvalue weighted by Gasteiger charge is -2.57. The fourth-order valence-electron chi connectivity index (χ4n) is 6.07. The summed E-state index contributed by atoms with van der Waals surface area (Å²) >= 11 is 0. The Kier molecular flexibility index (Phi) is 3.63. The van der Waals surface area contributed by atoms with Crippen LogP contribution < -0.4 is 5.32 Å². The van der Waals surface area contributed by atoms with Gasteiger partial charge in [-0.25, -0.2) is 0 Å². The summed E-state index contributed by atoms with van der Waals surface area (Å²) in [6.45, 7) is 4.74. The molecule has 0 aromatic carbocycles. The molecule has 1 aromatic rings. The van der Waals surface area contributed by atoms with Gasteiger partial charge in [-0.2, -0.15) is 5.10 Å². The van der Waals surface area contributed by atoms with E-state index in [1.807, 2.05) is 25.6 Å². The fourth-order valence-corrected chi connectivity index (χ4v) is 6.07. The molecule has 23 heavy (non-hydrogen) atoms. The summed E-state index contributed by atoms with van der Waals surface area (Å²) in [5.41, 5.74) is 3.04. The fraction of sp³-hybridized carbons (Fsp3) is 0.789. The normalized spacial score (nSPS) is 35.0. The predicted molar refractivity (Wildman–Crippen MR) is 90.5 cm³/mol. The zero-order valence-electron chi connectivity index (χ0n) is 14.7. The molecule has 0 atom stereocenters. The van der Waals surface area contributed by atoms with Crippen LogP contribution in [-0.4, -0.2) is 27.6 Å². The summed E-state index contributed by atoms with van der Waals surface area (Å²) < 4.78 is 1.81. The van der Waals surface area contributed by atoms with Gasteiger partial charge in [0.1, 0.15) is 0 Å². The monoisotopic (exact) mass is 315 g/mol. The zero-order chi connectivity index (χ0) is 16.2. The number of aromatic nitrogens is 2. The molecule has 0 spiro atoms. The van der Waals surface area contributed by atoms with Crippen LogP contribution in [-0.2, 0) is 7.05 Å². The summed E-state index contributed by atoms with van der Waals surface area (Å²) in [6.07, 6.45) is 9.03. The smallest absolute Gasteiger partial charge is 0.167 e. The predicted octanol–water partition coefficient (Wildman–Crippen LogP) is 3.17. The number of rotatable bonds is 5. The van der Waals surface area contributed by atoms with Crippen molar-refractivity contribution in [3.05, 3.63) is 17.0 Å². The maximum Gasteiger partial charge on any atom is 0.167 e. The van der Waals surface area contributed by atoms with Crippen LogP contribution in [0.4, 0.5) is 0 Å². The van der Waals surface area contributed by atoms with Crippen LogP contribution in [0.15, 0.2) is 0 Å². The number of nitrogens with one attached hydrogen (secondary N) is 1. The Labute approximate surface area is 139 Å². The van der Waals surface area contributed by atoms with E-state index in [0.29, 0.717) is 12.0 Å². The molecule has 4 nitrogen and oxygen atoms in total. The first kappa shape index (κ1) is 15.4. The molecule has 1 heterocycles. The lowest BCUT2D eigenvalue weighted by Crippen LogP contribution is -2.58. The van der Waals surface area contributed by atoms with Gasteiger partial charge in [0.05, 0.1) is 11.3 Å². The largest absolute Gasteiger partial charge is 0.311 e. The first-order chi connectivity index (χ1) is 11.0. The molecule has 4 heteroatoms. The van der Waals surface area contributed by atoms with E-state index in [4.69, 9.17) is 0 Å². The SMILES string of the molecule is Cc1nn(C)c(C)c1C(=O)CCNC12CC3CC(CC(C3)C1)C2. The zero-order valence-corrected chi connectivity index (χ0v) is 14.7. The van der Waals surface area contributed by atoms with Crippen molar-refractivity contribution in [2.45, 2.75) is 64.3 Å². The molecule has 4 bridgehead atoms. The van der Waals surface area contributed by atoms with Crippen molar-refractivity contribution < 1.29 is 4.79 Å². The summed E-state index contributed by atoms with van der Waals surface area (Å²) in [5, 5.41) is 8.20. The average Bonchev–Trinajstić information content (AvgIpc) is 2.70. The average molecular weight is 315 g/mol. The number of aryl methyl sites for hydroxylation is 2. The maximum atomic E-state index is 12.6. The number of carbonyl (C=O) groups is 1. The van der Waals surface area contributed by atoms with Gasteiger partial charge in [0, 0.05) is 31.2 Å². The van der Waals surface area contributed by atoms with Gasteiger partial charge in [-0.1, -0.05) is 0 Å². The van der Waals surface area contributed by atoms with Crippen molar-refractivity contribution in [3.63, 3.8) is 0 Å². The molecular weight excluding hydrogens is 286 g/mol. The van der Waals surface area contributed by atoms with Gasteiger partial charge in [-0.15, -0.1) is 0 Å². The molecule has 4 aliphatic carbocycles. The summed E-state index contributed by atoms with van der Waals surface area (Å²) in [6, 6.07) is 0. The van der Waals surface area contributed by atoms with Crippen molar-refractivity contribution in [3.8, 4) is 0 Å². The van der Waals surface area contributed by atoms with E-state index >= 15 is 0 Å². The molecule has 0 amide bonds. The second kappa shape index (κ2) is 5.44. The Balaban J connectivity index is 1.38. The molecule has 5 rings (SSSR count). The summed E-state index contributed by atoms with van der Waals surface area (Å²) in [5.74, 6) is 3.09.